The number of carbonyl (C=O) groups is 1. The molecule has 4 heteroatoms. The Balaban J connectivity index is 2.02. The third-order valence-electron chi connectivity index (χ3n) is 3.85. The van der Waals surface area contributed by atoms with Crippen molar-refractivity contribution in [3.63, 3.8) is 0 Å². The second kappa shape index (κ2) is 5.15. The number of piperidine rings is 1. The van der Waals surface area contributed by atoms with Gasteiger partial charge in [-0.05, 0) is 31.6 Å². The standard InChI is InChI=1S/C12H22N2O2/c1-9-4-2-6-14(10(9)8-13)12(15)11-5-3-7-16-11/h9-11H,2-8,13H2,1H3. The monoisotopic (exact) mass is 226 g/mol. The minimum absolute atomic E-state index is 0.166. The summed E-state index contributed by atoms with van der Waals surface area (Å²) in [6.45, 7) is 4.34. The largest absolute Gasteiger partial charge is 0.368 e. The van der Waals surface area contributed by atoms with Crippen molar-refractivity contribution in [1.29, 1.82) is 0 Å². The SMILES string of the molecule is CC1CCCN(C(=O)C2CCCO2)C1CN. The molecule has 2 saturated heterocycles. The third-order valence-corrected chi connectivity index (χ3v) is 3.85. The summed E-state index contributed by atoms with van der Waals surface area (Å²) in [4.78, 5) is 14.2. The Hall–Kier alpha value is -0.610. The molecule has 3 unspecified atom stereocenters. The lowest BCUT2D eigenvalue weighted by atomic mass is 9.90. The van der Waals surface area contributed by atoms with Crippen molar-refractivity contribution in [3.8, 4) is 0 Å². The maximum Gasteiger partial charge on any atom is 0.252 e. The quantitative estimate of drug-likeness (QED) is 0.756. The van der Waals surface area contributed by atoms with Crippen LogP contribution in [0.4, 0.5) is 0 Å². The van der Waals surface area contributed by atoms with Gasteiger partial charge in [0.15, 0.2) is 0 Å². The number of rotatable bonds is 2. The van der Waals surface area contributed by atoms with Gasteiger partial charge in [-0.3, -0.25) is 4.79 Å². The summed E-state index contributed by atoms with van der Waals surface area (Å²) < 4.78 is 5.46. The van der Waals surface area contributed by atoms with Crippen molar-refractivity contribution >= 4 is 5.91 Å². The Kier molecular flexibility index (Phi) is 3.82. The summed E-state index contributed by atoms with van der Waals surface area (Å²) in [6.07, 6.45) is 3.96. The molecule has 3 atom stereocenters. The van der Waals surface area contributed by atoms with E-state index >= 15 is 0 Å². The van der Waals surface area contributed by atoms with Crippen LogP contribution in [0.25, 0.3) is 0 Å². The molecule has 2 N–H and O–H groups in total. The number of hydrogen-bond acceptors (Lipinski definition) is 3. The summed E-state index contributed by atoms with van der Waals surface area (Å²) in [7, 11) is 0. The molecule has 0 spiro atoms. The van der Waals surface area contributed by atoms with Crippen molar-refractivity contribution in [2.24, 2.45) is 11.7 Å². The fourth-order valence-electron chi connectivity index (χ4n) is 2.84. The van der Waals surface area contributed by atoms with Crippen molar-refractivity contribution < 1.29 is 9.53 Å². The van der Waals surface area contributed by atoms with Crippen LogP contribution in [0.15, 0.2) is 0 Å². The van der Waals surface area contributed by atoms with Crippen LogP contribution in [0.2, 0.25) is 0 Å². The number of ether oxygens (including phenoxy) is 1. The molecule has 0 aromatic heterocycles. The lowest BCUT2D eigenvalue weighted by Crippen LogP contribution is -2.54. The zero-order chi connectivity index (χ0) is 11.5. The van der Waals surface area contributed by atoms with E-state index in [0.29, 0.717) is 12.5 Å². The van der Waals surface area contributed by atoms with E-state index in [4.69, 9.17) is 10.5 Å². The normalized spacial score (nSPS) is 35.4. The summed E-state index contributed by atoms with van der Waals surface area (Å²) in [5.74, 6) is 0.684. The molecule has 0 aromatic carbocycles. The average Bonchev–Trinajstić information content (AvgIpc) is 2.81. The van der Waals surface area contributed by atoms with Crippen LogP contribution in [0.5, 0.6) is 0 Å². The Morgan fingerprint density at radius 2 is 2.25 bits per heavy atom. The zero-order valence-corrected chi connectivity index (χ0v) is 10.0. The Labute approximate surface area is 97.1 Å². The van der Waals surface area contributed by atoms with Crippen LogP contribution in [0, 0.1) is 5.92 Å². The van der Waals surface area contributed by atoms with E-state index < -0.39 is 0 Å². The van der Waals surface area contributed by atoms with Gasteiger partial charge in [-0.15, -0.1) is 0 Å². The molecule has 2 aliphatic rings. The molecule has 2 aliphatic heterocycles. The maximum absolute atomic E-state index is 12.3. The summed E-state index contributed by atoms with van der Waals surface area (Å²) >= 11 is 0. The van der Waals surface area contributed by atoms with Gasteiger partial charge in [-0.1, -0.05) is 6.92 Å². The molecular formula is C12H22N2O2. The highest BCUT2D eigenvalue weighted by Crippen LogP contribution is 2.25. The number of likely N-dealkylation sites (tertiary alicyclic amines) is 1. The fourth-order valence-corrected chi connectivity index (χ4v) is 2.84. The molecule has 0 saturated carbocycles. The van der Waals surface area contributed by atoms with Gasteiger partial charge in [0.25, 0.3) is 5.91 Å². The van der Waals surface area contributed by atoms with E-state index in [1.807, 2.05) is 4.90 Å². The molecule has 0 aromatic rings. The predicted molar refractivity (Wildman–Crippen MR) is 61.9 cm³/mol. The summed E-state index contributed by atoms with van der Waals surface area (Å²) in [6, 6.07) is 0.213. The first-order chi connectivity index (χ1) is 7.74. The highest BCUT2D eigenvalue weighted by Gasteiger charge is 2.35. The molecule has 2 heterocycles. The lowest BCUT2D eigenvalue weighted by molar-refractivity contribution is -0.145. The van der Waals surface area contributed by atoms with Crippen LogP contribution < -0.4 is 5.73 Å². The second-order valence-electron chi connectivity index (χ2n) is 4.96. The number of nitrogens with two attached hydrogens (primary N) is 1. The second-order valence-corrected chi connectivity index (χ2v) is 4.96. The molecule has 1 amide bonds. The molecule has 2 fully saturated rings. The lowest BCUT2D eigenvalue weighted by Gasteiger charge is -2.40. The van der Waals surface area contributed by atoms with Gasteiger partial charge in [0.2, 0.25) is 0 Å². The number of carbonyl (C=O) groups excluding carboxylic acids is 1. The topological polar surface area (TPSA) is 55.6 Å². The highest BCUT2D eigenvalue weighted by atomic mass is 16.5. The number of hydrogen-bond donors (Lipinski definition) is 1. The summed E-state index contributed by atoms with van der Waals surface area (Å²) in [5.41, 5.74) is 5.79. The van der Waals surface area contributed by atoms with Gasteiger partial charge in [0.05, 0.1) is 0 Å². The van der Waals surface area contributed by atoms with E-state index in [0.717, 1.165) is 32.4 Å². The number of amides is 1. The van der Waals surface area contributed by atoms with Crippen LogP contribution >= 0.6 is 0 Å². The van der Waals surface area contributed by atoms with Crippen LogP contribution in [-0.4, -0.2) is 42.6 Å². The van der Waals surface area contributed by atoms with E-state index in [-0.39, 0.29) is 18.1 Å². The van der Waals surface area contributed by atoms with Gasteiger partial charge in [0.1, 0.15) is 6.10 Å². The molecule has 16 heavy (non-hydrogen) atoms. The van der Waals surface area contributed by atoms with Crippen molar-refractivity contribution in [2.75, 3.05) is 19.7 Å². The summed E-state index contributed by atoms with van der Waals surface area (Å²) in [5, 5.41) is 0. The van der Waals surface area contributed by atoms with Gasteiger partial charge in [0, 0.05) is 25.7 Å². The van der Waals surface area contributed by atoms with E-state index in [9.17, 15) is 4.79 Å². The molecule has 0 aliphatic carbocycles. The first-order valence-electron chi connectivity index (χ1n) is 6.36. The van der Waals surface area contributed by atoms with Crippen molar-refractivity contribution in [1.82, 2.24) is 4.90 Å². The van der Waals surface area contributed by atoms with Crippen molar-refractivity contribution in [3.05, 3.63) is 0 Å². The zero-order valence-electron chi connectivity index (χ0n) is 10.0. The Bertz CT molecular complexity index is 251. The molecule has 4 nitrogen and oxygen atoms in total. The molecule has 92 valence electrons. The van der Waals surface area contributed by atoms with E-state index in [2.05, 4.69) is 6.92 Å². The maximum atomic E-state index is 12.3. The smallest absolute Gasteiger partial charge is 0.252 e. The van der Waals surface area contributed by atoms with E-state index in [1.165, 1.54) is 6.42 Å². The van der Waals surface area contributed by atoms with E-state index in [1.54, 1.807) is 0 Å². The van der Waals surface area contributed by atoms with Crippen LogP contribution in [0.3, 0.4) is 0 Å². The number of nitrogens with zero attached hydrogens (tertiary/aromatic N) is 1. The minimum atomic E-state index is -0.195. The van der Waals surface area contributed by atoms with Gasteiger partial charge < -0.3 is 15.4 Å². The van der Waals surface area contributed by atoms with Gasteiger partial charge in [-0.25, -0.2) is 0 Å². The Morgan fingerprint density at radius 3 is 2.88 bits per heavy atom. The Morgan fingerprint density at radius 1 is 1.44 bits per heavy atom. The molecule has 0 bridgehead atoms. The van der Waals surface area contributed by atoms with Crippen LogP contribution in [0.1, 0.15) is 32.6 Å². The fraction of sp³-hybridized carbons (Fsp3) is 0.917. The van der Waals surface area contributed by atoms with Crippen molar-refractivity contribution in [2.45, 2.75) is 44.8 Å². The molecular weight excluding hydrogens is 204 g/mol. The first kappa shape index (κ1) is 11.9. The highest BCUT2D eigenvalue weighted by molar-refractivity contribution is 5.81. The van der Waals surface area contributed by atoms with Gasteiger partial charge >= 0.3 is 0 Å². The first-order valence-corrected chi connectivity index (χ1v) is 6.36. The van der Waals surface area contributed by atoms with Gasteiger partial charge in [-0.2, -0.15) is 0 Å². The molecule has 2 rings (SSSR count). The predicted octanol–water partition coefficient (Wildman–Crippen LogP) is 0.751. The average molecular weight is 226 g/mol. The third kappa shape index (κ3) is 2.23. The molecule has 0 radical (unpaired) electrons. The van der Waals surface area contributed by atoms with Crippen LogP contribution in [-0.2, 0) is 9.53 Å². The minimum Gasteiger partial charge on any atom is -0.368 e.